The van der Waals surface area contributed by atoms with Crippen LogP contribution in [0.1, 0.15) is 119 Å². The predicted molar refractivity (Wildman–Crippen MR) is 212 cm³/mol. The standard InChI is InChI=1S/C42H66N5O9/c1-28(2)24-31(44-39(53)56-40(3,4)5)21-20-30(25-29-16-11-10-12-17-29)36(49)46-23-15-19-34(46)35(48)45-33(37(50)51)18-13-14-22-43-38(52)55-32-26-41(6,7)47(54)42(8,9)27-32/h10-12,16-17,20-21,28,30-34H,13-15,18-19,22-27H2,1-9H3,(H,43,52)(H,44,53)(H,45,48)(H,50,51)/b21-20+/t30-,31-,33-,34+/m1/s1. The van der Waals surface area contributed by atoms with E-state index in [9.17, 15) is 34.3 Å². The molecule has 313 valence electrons. The highest BCUT2D eigenvalue weighted by atomic mass is 16.6. The van der Waals surface area contributed by atoms with Gasteiger partial charge in [-0.2, -0.15) is 0 Å². The molecule has 1 radical (unpaired) electrons. The smallest absolute Gasteiger partial charge is 0.408 e. The number of unbranched alkanes of at least 4 members (excludes halogenated alkanes) is 1. The van der Waals surface area contributed by atoms with Gasteiger partial charge in [0.1, 0.15) is 23.8 Å². The number of hydroxylamine groups is 2. The van der Waals surface area contributed by atoms with Crippen molar-refractivity contribution in [1.29, 1.82) is 0 Å². The molecular weight excluding hydrogens is 718 g/mol. The molecular formula is C42H66N5O9. The van der Waals surface area contributed by atoms with E-state index in [0.717, 1.165) is 10.6 Å². The van der Waals surface area contributed by atoms with Crippen molar-refractivity contribution in [2.24, 2.45) is 11.8 Å². The Morgan fingerprint density at radius 3 is 2.18 bits per heavy atom. The van der Waals surface area contributed by atoms with Crippen molar-refractivity contribution >= 4 is 30.0 Å². The van der Waals surface area contributed by atoms with Crippen LogP contribution in [-0.2, 0) is 35.5 Å². The first kappa shape index (κ1) is 46.2. The monoisotopic (exact) mass is 784 g/mol. The molecule has 56 heavy (non-hydrogen) atoms. The lowest BCUT2D eigenvalue weighted by molar-refractivity contribution is -0.298. The first-order valence-electron chi connectivity index (χ1n) is 20.1. The third kappa shape index (κ3) is 14.7. The second-order valence-corrected chi connectivity index (χ2v) is 17.9. The number of carboxylic acids is 1. The summed E-state index contributed by atoms with van der Waals surface area (Å²) in [6.45, 7) is 17.4. The molecule has 4 amide bonds. The van der Waals surface area contributed by atoms with Crippen LogP contribution in [0, 0.1) is 11.8 Å². The second-order valence-electron chi connectivity index (χ2n) is 17.9. The zero-order valence-corrected chi connectivity index (χ0v) is 34.9. The van der Waals surface area contributed by atoms with E-state index >= 15 is 0 Å². The number of amides is 4. The number of benzene rings is 1. The number of nitrogens with zero attached hydrogens (tertiary/aromatic N) is 2. The summed E-state index contributed by atoms with van der Waals surface area (Å²) in [6.07, 6.45) is 5.85. The molecule has 2 aliphatic heterocycles. The Morgan fingerprint density at radius 2 is 1.59 bits per heavy atom. The van der Waals surface area contributed by atoms with Crippen LogP contribution >= 0.6 is 0 Å². The van der Waals surface area contributed by atoms with E-state index in [4.69, 9.17) is 9.47 Å². The van der Waals surface area contributed by atoms with Gasteiger partial charge in [-0.25, -0.2) is 14.4 Å². The molecule has 2 saturated heterocycles. The van der Waals surface area contributed by atoms with Crippen molar-refractivity contribution in [2.75, 3.05) is 13.1 Å². The van der Waals surface area contributed by atoms with Crippen molar-refractivity contribution in [3.05, 3.63) is 48.0 Å². The van der Waals surface area contributed by atoms with E-state index in [1.54, 1.807) is 31.7 Å². The Labute approximate surface area is 333 Å². The summed E-state index contributed by atoms with van der Waals surface area (Å²) in [5.41, 5.74) is -1.09. The molecule has 0 unspecified atom stereocenters. The molecule has 2 aliphatic rings. The molecule has 14 heteroatoms. The number of carboxylic acid groups (broad SMARTS) is 1. The van der Waals surface area contributed by atoms with Gasteiger partial charge in [0.05, 0.1) is 12.0 Å². The number of piperidine rings is 1. The summed E-state index contributed by atoms with van der Waals surface area (Å²) in [6, 6.07) is 7.16. The molecule has 4 N–H and O–H groups in total. The van der Waals surface area contributed by atoms with E-state index in [-0.39, 0.29) is 24.8 Å². The topological polar surface area (TPSA) is 187 Å². The maximum atomic E-state index is 14.2. The van der Waals surface area contributed by atoms with Crippen LogP contribution in [0.4, 0.5) is 9.59 Å². The number of likely N-dealkylation sites (tertiary alicyclic amines) is 1. The highest BCUT2D eigenvalue weighted by Crippen LogP contribution is 2.38. The minimum Gasteiger partial charge on any atom is -0.480 e. The predicted octanol–water partition coefficient (Wildman–Crippen LogP) is 6.16. The van der Waals surface area contributed by atoms with Crippen molar-refractivity contribution in [3.8, 4) is 0 Å². The van der Waals surface area contributed by atoms with Gasteiger partial charge >= 0.3 is 18.2 Å². The van der Waals surface area contributed by atoms with Crippen molar-refractivity contribution in [1.82, 2.24) is 25.9 Å². The number of aliphatic carboxylic acids is 1. The average molecular weight is 785 g/mol. The van der Waals surface area contributed by atoms with Gasteiger partial charge < -0.3 is 35.4 Å². The number of ether oxygens (including phenoxy) is 2. The molecule has 0 spiro atoms. The number of hydrogen-bond acceptors (Lipinski definition) is 8. The Hall–Kier alpha value is -4.17. The van der Waals surface area contributed by atoms with E-state index in [1.807, 2.05) is 78.0 Å². The summed E-state index contributed by atoms with van der Waals surface area (Å²) in [5, 5.41) is 31.9. The zero-order valence-electron chi connectivity index (χ0n) is 34.9. The van der Waals surface area contributed by atoms with Gasteiger partial charge in [-0.05, 0) is 105 Å². The van der Waals surface area contributed by atoms with Crippen LogP contribution in [0.25, 0.3) is 0 Å². The molecule has 2 heterocycles. The van der Waals surface area contributed by atoms with Gasteiger partial charge in [0.2, 0.25) is 11.8 Å². The van der Waals surface area contributed by atoms with Gasteiger partial charge in [0, 0.05) is 37.0 Å². The van der Waals surface area contributed by atoms with Crippen molar-refractivity contribution in [3.63, 3.8) is 0 Å². The van der Waals surface area contributed by atoms with Crippen molar-refractivity contribution in [2.45, 2.75) is 161 Å². The van der Waals surface area contributed by atoms with Crippen LogP contribution in [0.15, 0.2) is 42.5 Å². The van der Waals surface area contributed by atoms with Crippen LogP contribution in [0.3, 0.4) is 0 Å². The summed E-state index contributed by atoms with van der Waals surface area (Å²) in [4.78, 5) is 66.8. The molecule has 14 nitrogen and oxygen atoms in total. The average Bonchev–Trinajstić information content (AvgIpc) is 3.57. The first-order chi connectivity index (χ1) is 26.1. The highest BCUT2D eigenvalue weighted by molar-refractivity contribution is 5.92. The molecule has 1 aromatic rings. The van der Waals surface area contributed by atoms with Gasteiger partial charge in [0.15, 0.2) is 0 Å². The summed E-state index contributed by atoms with van der Waals surface area (Å²) in [5.74, 6) is -2.36. The van der Waals surface area contributed by atoms with Crippen LogP contribution in [0.5, 0.6) is 0 Å². The Balaban J connectivity index is 1.61. The minimum atomic E-state index is -1.19. The summed E-state index contributed by atoms with van der Waals surface area (Å²) >= 11 is 0. The Morgan fingerprint density at radius 1 is 0.946 bits per heavy atom. The van der Waals surface area contributed by atoms with Gasteiger partial charge in [-0.3, -0.25) is 9.59 Å². The molecule has 0 bridgehead atoms. The maximum Gasteiger partial charge on any atom is 0.408 e. The first-order valence-corrected chi connectivity index (χ1v) is 20.1. The lowest BCUT2D eigenvalue weighted by Gasteiger charge is -2.49. The van der Waals surface area contributed by atoms with Gasteiger partial charge in [-0.15, -0.1) is 10.3 Å². The molecule has 0 aliphatic carbocycles. The lowest BCUT2D eigenvalue weighted by Crippen LogP contribution is -2.60. The van der Waals surface area contributed by atoms with Crippen LogP contribution < -0.4 is 16.0 Å². The fourth-order valence-corrected chi connectivity index (χ4v) is 7.68. The highest BCUT2D eigenvalue weighted by Gasteiger charge is 2.47. The maximum absolute atomic E-state index is 14.2. The van der Waals surface area contributed by atoms with Crippen LogP contribution in [-0.4, -0.2) is 99.0 Å². The Kier molecular flexibility index (Phi) is 16.8. The van der Waals surface area contributed by atoms with E-state index < -0.39 is 70.9 Å². The largest absolute Gasteiger partial charge is 0.480 e. The van der Waals surface area contributed by atoms with Crippen molar-refractivity contribution < 1.29 is 43.8 Å². The van der Waals surface area contributed by atoms with E-state index in [0.29, 0.717) is 57.9 Å². The number of hydrogen-bond donors (Lipinski definition) is 4. The minimum absolute atomic E-state index is 0.129. The number of rotatable bonds is 17. The van der Waals surface area contributed by atoms with Gasteiger partial charge in [-0.1, -0.05) is 56.3 Å². The number of carbonyl (C=O) groups is 5. The molecule has 0 aromatic heterocycles. The van der Waals surface area contributed by atoms with E-state index in [2.05, 4.69) is 16.0 Å². The SMILES string of the molecule is CC(C)C[C@@H](/C=C/[C@H](Cc1ccccc1)C(=O)N1CCC[C@H]1C(=O)N[C@H](CCCCNC(=O)OC1CC(C)(C)N([O])C(C)(C)C1)C(=O)O)NC(=O)OC(C)(C)C. The molecule has 4 atom stereocenters. The fourth-order valence-electron chi connectivity index (χ4n) is 7.68. The van der Waals surface area contributed by atoms with Gasteiger partial charge in [0.25, 0.3) is 0 Å². The summed E-state index contributed by atoms with van der Waals surface area (Å²) < 4.78 is 11.1. The number of nitrogens with one attached hydrogen (secondary N) is 3. The Bertz CT molecular complexity index is 1490. The third-order valence-electron chi connectivity index (χ3n) is 10.1. The fraction of sp³-hybridized carbons (Fsp3) is 0.690. The normalized spacial score (nSPS) is 20.3. The van der Waals surface area contributed by atoms with E-state index in [1.165, 1.54) is 0 Å². The quantitative estimate of drug-likeness (QED) is 0.106. The molecule has 1 aromatic carbocycles. The van der Waals surface area contributed by atoms with Crippen LogP contribution in [0.2, 0.25) is 0 Å². The molecule has 0 saturated carbocycles. The molecule has 3 rings (SSSR count). The summed E-state index contributed by atoms with van der Waals surface area (Å²) in [7, 11) is 0. The zero-order chi connectivity index (χ0) is 41.8. The lowest BCUT2D eigenvalue weighted by atomic mass is 9.80. The molecule has 2 fully saturated rings. The second kappa shape index (κ2) is 20.3. The number of carbonyl (C=O) groups excluding carboxylic acids is 4. The third-order valence-corrected chi connectivity index (χ3v) is 10.1. The number of alkyl carbamates (subject to hydrolysis) is 2.